The number of carbonyl (C=O) groups excluding carboxylic acids is 1. The number of benzene rings is 1. The minimum Gasteiger partial charge on any atom is -0.359 e. The zero-order valence-electron chi connectivity index (χ0n) is 16.6. The Labute approximate surface area is 174 Å². The predicted octanol–water partition coefficient (Wildman–Crippen LogP) is 5.13. The van der Waals surface area contributed by atoms with E-state index in [0.717, 1.165) is 45.1 Å². The Hall–Kier alpha value is -2.03. The number of fused-ring (bicyclic) bond motifs is 1. The van der Waals surface area contributed by atoms with E-state index in [1.807, 2.05) is 30.3 Å². The molecule has 3 aromatic rings. The van der Waals surface area contributed by atoms with E-state index in [-0.39, 0.29) is 5.91 Å². The molecule has 6 nitrogen and oxygen atoms in total. The number of ether oxygens (including phenoxy) is 1. The topological polar surface area (TPSA) is 69.0 Å². The molecule has 0 aliphatic carbocycles. The highest BCUT2D eigenvalue weighted by atomic mass is 79.9. The zero-order chi connectivity index (χ0) is 20.3. The second-order valence-corrected chi connectivity index (χ2v) is 14.5. The summed E-state index contributed by atoms with van der Waals surface area (Å²) in [4.78, 5) is 15.9. The lowest BCUT2D eigenvalue weighted by molar-refractivity contribution is -0.114. The number of rotatable bonds is 7. The van der Waals surface area contributed by atoms with Crippen LogP contribution in [-0.4, -0.2) is 35.4 Å². The van der Waals surface area contributed by atoms with E-state index in [2.05, 4.69) is 45.9 Å². The normalized spacial score (nSPS) is 11.8. The van der Waals surface area contributed by atoms with Crippen molar-refractivity contribution in [2.45, 2.75) is 39.3 Å². The molecule has 3 rings (SSSR count). The van der Waals surface area contributed by atoms with Crippen LogP contribution >= 0.6 is 15.9 Å². The maximum atomic E-state index is 11.4. The standard InChI is InChI=1S/C20H25BrN4O2Si/c1-14(26)23-17-7-5-6-15(10-17)19-18-11-16(21)12-22-20(18)25(24-19)13-27-8-9-28(2,3)4/h5-7,10-12H,8-9,13H2,1-4H3,(H,23,26). The van der Waals surface area contributed by atoms with Crippen molar-refractivity contribution < 1.29 is 9.53 Å². The monoisotopic (exact) mass is 460 g/mol. The third-order valence-corrected chi connectivity index (χ3v) is 6.36. The average molecular weight is 461 g/mol. The highest BCUT2D eigenvalue weighted by Crippen LogP contribution is 2.30. The van der Waals surface area contributed by atoms with Crippen molar-refractivity contribution in [3.63, 3.8) is 0 Å². The van der Waals surface area contributed by atoms with Gasteiger partial charge in [0.25, 0.3) is 0 Å². The Kier molecular flexibility index (Phi) is 6.32. The van der Waals surface area contributed by atoms with Gasteiger partial charge in [0.05, 0.1) is 0 Å². The van der Waals surface area contributed by atoms with Crippen molar-refractivity contribution in [3.05, 3.63) is 41.0 Å². The van der Waals surface area contributed by atoms with Gasteiger partial charge in [0, 0.05) is 48.9 Å². The fraction of sp³-hybridized carbons (Fsp3) is 0.350. The van der Waals surface area contributed by atoms with Gasteiger partial charge < -0.3 is 10.1 Å². The number of halogens is 1. The van der Waals surface area contributed by atoms with E-state index in [9.17, 15) is 4.79 Å². The summed E-state index contributed by atoms with van der Waals surface area (Å²) in [7, 11) is -1.13. The predicted molar refractivity (Wildman–Crippen MR) is 119 cm³/mol. The van der Waals surface area contributed by atoms with E-state index >= 15 is 0 Å². The quantitative estimate of drug-likeness (QED) is 0.391. The lowest BCUT2D eigenvalue weighted by Gasteiger charge is -2.15. The minimum absolute atomic E-state index is 0.104. The molecule has 0 aliphatic heterocycles. The Balaban J connectivity index is 1.92. The molecule has 0 spiro atoms. The maximum Gasteiger partial charge on any atom is 0.221 e. The summed E-state index contributed by atoms with van der Waals surface area (Å²) in [6, 6.07) is 10.8. The number of carbonyl (C=O) groups is 1. The van der Waals surface area contributed by atoms with Gasteiger partial charge in [0.15, 0.2) is 5.65 Å². The second kappa shape index (κ2) is 8.55. The summed E-state index contributed by atoms with van der Waals surface area (Å²) in [5, 5.41) is 8.51. The molecule has 0 radical (unpaired) electrons. The summed E-state index contributed by atoms with van der Waals surface area (Å²) in [5.74, 6) is -0.104. The van der Waals surface area contributed by atoms with E-state index in [4.69, 9.17) is 9.84 Å². The fourth-order valence-electron chi connectivity index (χ4n) is 2.81. The van der Waals surface area contributed by atoms with Crippen LogP contribution in [0.4, 0.5) is 5.69 Å². The van der Waals surface area contributed by atoms with E-state index in [1.54, 1.807) is 10.9 Å². The molecule has 1 amide bonds. The largest absolute Gasteiger partial charge is 0.359 e. The van der Waals surface area contributed by atoms with Crippen LogP contribution in [0.2, 0.25) is 25.7 Å². The molecule has 0 unspecified atom stereocenters. The van der Waals surface area contributed by atoms with Gasteiger partial charge >= 0.3 is 0 Å². The first-order valence-corrected chi connectivity index (χ1v) is 13.7. The second-order valence-electron chi connectivity index (χ2n) is 7.98. The number of nitrogens with one attached hydrogen (secondary N) is 1. The van der Waals surface area contributed by atoms with Gasteiger partial charge in [-0.15, -0.1) is 0 Å². The molecule has 8 heteroatoms. The molecule has 0 bridgehead atoms. The first-order chi connectivity index (χ1) is 13.2. The molecule has 0 atom stereocenters. The van der Waals surface area contributed by atoms with Crippen LogP contribution < -0.4 is 5.32 Å². The number of anilines is 1. The number of aromatic nitrogens is 3. The zero-order valence-corrected chi connectivity index (χ0v) is 19.2. The number of amides is 1. The van der Waals surface area contributed by atoms with Crippen molar-refractivity contribution in [1.29, 1.82) is 0 Å². The highest BCUT2D eigenvalue weighted by molar-refractivity contribution is 9.10. The number of hydrogen-bond donors (Lipinski definition) is 1. The van der Waals surface area contributed by atoms with Crippen LogP contribution in [0.3, 0.4) is 0 Å². The third kappa shape index (κ3) is 5.27. The van der Waals surface area contributed by atoms with Crippen molar-refractivity contribution in [1.82, 2.24) is 14.8 Å². The number of pyridine rings is 1. The molecular weight excluding hydrogens is 436 g/mol. The molecule has 0 saturated carbocycles. The van der Waals surface area contributed by atoms with Crippen molar-refractivity contribution in [2.75, 3.05) is 11.9 Å². The van der Waals surface area contributed by atoms with Crippen LogP contribution in [0, 0.1) is 0 Å². The average Bonchev–Trinajstić information content (AvgIpc) is 2.95. The fourth-order valence-corrected chi connectivity index (χ4v) is 3.90. The van der Waals surface area contributed by atoms with Gasteiger partial charge in [-0.3, -0.25) is 4.79 Å². The molecule has 1 N–H and O–H groups in total. The summed E-state index contributed by atoms with van der Waals surface area (Å²) in [6.07, 6.45) is 1.76. The maximum absolute atomic E-state index is 11.4. The summed E-state index contributed by atoms with van der Waals surface area (Å²) in [5.41, 5.74) is 3.24. The summed E-state index contributed by atoms with van der Waals surface area (Å²) in [6.45, 7) is 9.58. The van der Waals surface area contributed by atoms with E-state index in [1.165, 1.54) is 6.92 Å². The number of hydrogen-bond acceptors (Lipinski definition) is 4. The molecular formula is C20H25BrN4O2Si. The Bertz CT molecular complexity index is 998. The van der Waals surface area contributed by atoms with Gasteiger partial charge in [-0.2, -0.15) is 5.10 Å². The van der Waals surface area contributed by atoms with Crippen molar-refractivity contribution >= 4 is 46.6 Å². The van der Waals surface area contributed by atoms with Gasteiger partial charge in [-0.05, 0) is 40.2 Å². The molecule has 2 heterocycles. The van der Waals surface area contributed by atoms with Crippen LogP contribution in [0.1, 0.15) is 6.92 Å². The molecule has 1 aromatic carbocycles. The van der Waals surface area contributed by atoms with Gasteiger partial charge in [0.1, 0.15) is 12.4 Å². The molecule has 28 heavy (non-hydrogen) atoms. The van der Waals surface area contributed by atoms with E-state index < -0.39 is 8.07 Å². The molecule has 0 saturated heterocycles. The van der Waals surface area contributed by atoms with Gasteiger partial charge in [0.2, 0.25) is 5.91 Å². The van der Waals surface area contributed by atoms with Gasteiger partial charge in [-0.1, -0.05) is 31.8 Å². The lowest BCUT2D eigenvalue weighted by Crippen LogP contribution is -2.22. The minimum atomic E-state index is -1.13. The first-order valence-electron chi connectivity index (χ1n) is 9.21. The Morgan fingerprint density at radius 2 is 2.07 bits per heavy atom. The molecule has 0 aliphatic rings. The lowest BCUT2D eigenvalue weighted by atomic mass is 10.1. The SMILES string of the molecule is CC(=O)Nc1cccc(-c2nn(COCC[Si](C)(C)C)c3ncc(Br)cc23)c1. The first kappa shape index (κ1) is 20.7. The summed E-state index contributed by atoms with van der Waals surface area (Å²) < 4.78 is 8.57. The third-order valence-electron chi connectivity index (χ3n) is 4.22. The highest BCUT2D eigenvalue weighted by Gasteiger charge is 2.16. The van der Waals surface area contributed by atoms with Crippen LogP contribution in [0.25, 0.3) is 22.3 Å². The van der Waals surface area contributed by atoms with Crippen molar-refractivity contribution in [3.8, 4) is 11.3 Å². The smallest absolute Gasteiger partial charge is 0.221 e. The Morgan fingerprint density at radius 3 is 2.79 bits per heavy atom. The van der Waals surface area contributed by atoms with Crippen LogP contribution in [0.5, 0.6) is 0 Å². The number of nitrogens with zero attached hydrogens (tertiary/aromatic N) is 3. The molecule has 0 fully saturated rings. The molecule has 2 aromatic heterocycles. The van der Waals surface area contributed by atoms with Gasteiger partial charge in [-0.25, -0.2) is 9.67 Å². The van der Waals surface area contributed by atoms with Crippen LogP contribution in [-0.2, 0) is 16.3 Å². The Morgan fingerprint density at radius 1 is 1.29 bits per heavy atom. The van der Waals surface area contributed by atoms with Crippen molar-refractivity contribution in [2.24, 2.45) is 0 Å². The molecule has 148 valence electrons. The summed E-state index contributed by atoms with van der Waals surface area (Å²) >= 11 is 3.50. The van der Waals surface area contributed by atoms with Crippen LogP contribution in [0.15, 0.2) is 41.0 Å². The van der Waals surface area contributed by atoms with E-state index in [0.29, 0.717) is 6.73 Å².